The predicted molar refractivity (Wildman–Crippen MR) is 71.8 cm³/mol. The van der Waals surface area contributed by atoms with Crippen molar-refractivity contribution in [1.82, 2.24) is 9.36 Å². The van der Waals surface area contributed by atoms with Gasteiger partial charge >= 0.3 is 12.1 Å². The fraction of sp³-hybridized carbons (Fsp3) is 0.250. The number of halogens is 3. The molecule has 1 aromatic heterocycles. The van der Waals surface area contributed by atoms with E-state index >= 15 is 0 Å². The molecule has 0 saturated carbocycles. The van der Waals surface area contributed by atoms with E-state index in [2.05, 4.69) is 9.36 Å². The minimum absolute atomic E-state index is 0.374. The molecule has 1 aromatic carbocycles. The van der Waals surface area contributed by atoms with Crippen molar-refractivity contribution < 1.29 is 23.1 Å². The van der Waals surface area contributed by atoms with Gasteiger partial charge in [-0.15, -0.1) is 0 Å². The van der Waals surface area contributed by atoms with Crippen LogP contribution >= 0.6 is 23.3 Å². The Hall–Kier alpha value is -1.61. The van der Waals surface area contributed by atoms with Gasteiger partial charge in [0.15, 0.2) is 4.34 Å². The average molecular weight is 334 g/mol. The molecule has 2 rings (SSSR count). The second kappa shape index (κ2) is 6.02. The summed E-state index contributed by atoms with van der Waals surface area (Å²) >= 11 is 2.21. The molecule has 0 fully saturated rings. The Morgan fingerprint density at radius 3 is 2.67 bits per heavy atom. The molecule has 112 valence electrons. The molecule has 9 heteroatoms. The van der Waals surface area contributed by atoms with Crippen molar-refractivity contribution in [3.8, 4) is 0 Å². The number of aromatic carboxylic acids is 1. The molecule has 0 aliphatic rings. The van der Waals surface area contributed by atoms with Crippen molar-refractivity contribution >= 4 is 29.3 Å². The van der Waals surface area contributed by atoms with Crippen molar-refractivity contribution in [2.24, 2.45) is 0 Å². The monoisotopic (exact) mass is 334 g/mol. The number of carbonyl (C=O) groups is 1. The maximum Gasteiger partial charge on any atom is 0.417 e. The maximum absolute atomic E-state index is 12.7. The van der Waals surface area contributed by atoms with Crippen LogP contribution in [0.4, 0.5) is 13.2 Å². The topological polar surface area (TPSA) is 63.1 Å². The first kappa shape index (κ1) is 15.8. The van der Waals surface area contributed by atoms with Crippen molar-refractivity contribution in [3.05, 3.63) is 35.2 Å². The van der Waals surface area contributed by atoms with Crippen LogP contribution in [-0.4, -0.2) is 20.4 Å². The molecular formula is C12H9F3N2O2S2. The molecule has 0 radical (unpaired) electrons. The quantitative estimate of drug-likeness (QED) is 0.916. The van der Waals surface area contributed by atoms with Gasteiger partial charge in [0.1, 0.15) is 5.82 Å². The normalized spacial score (nSPS) is 11.6. The van der Waals surface area contributed by atoms with E-state index in [1.165, 1.54) is 6.07 Å². The van der Waals surface area contributed by atoms with Crippen LogP contribution < -0.4 is 0 Å². The lowest BCUT2D eigenvalue weighted by Gasteiger charge is -2.11. The van der Waals surface area contributed by atoms with Gasteiger partial charge < -0.3 is 5.11 Å². The Labute approximate surface area is 126 Å². The number of hydrogen-bond donors (Lipinski definition) is 1. The van der Waals surface area contributed by atoms with Gasteiger partial charge in [-0.1, -0.05) is 18.7 Å². The minimum Gasteiger partial charge on any atom is -0.478 e. The summed E-state index contributed by atoms with van der Waals surface area (Å²) in [4.78, 5) is 15.5. The largest absolute Gasteiger partial charge is 0.478 e. The van der Waals surface area contributed by atoms with Gasteiger partial charge in [0.05, 0.1) is 11.1 Å². The smallest absolute Gasteiger partial charge is 0.417 e. The third-order valence-corrected chi connectivity index (χ3v) is 4.28. The Bertz CT molecular complexity index is 671. The number of rotatable bonds is 4. The summed E-state index contributed by atoms with van der Waals surface area (Å²) in [5.41, 5.74) is -1.93. The summed E-state index contributed by atoms with van der Waals surface area (Å²) in [6, 6.07) is 3.00. The van der Waals surface area contributed by atoms with Crippen LogP contribution in [0.25, 0.3) is 0 Å². The molecule has 0 bridgehead atoms. The Balaban J connectivity index is 2.34. The van der Waals surface area contributed by atoms with Crippen molar-refractivity contribution in [2.45, 2.75) is 28.8 Å². The Kier molecular flexibility index (Phi) is 4.52. The molecule has 4 nitrogen and oxygen atoms in total. The van der Waals surface area contributed by atoms with Gasteiger partial charge in [-0.2, -0.15) is 17.5 Å². The highest BCUT2D eigenvalue weighted by Crippen LogP contribution is 2.36. The van der Waals surface area contributed by atoms with Crippen LogP contribution in [0.5, 0.6) is 0 Å². The highest BCUT2D eigenvalue weighted by atomic mass is 32.2. The third kappa shape index (κ3) is 3.73. The van der Waals surface area contributed by atoms with Crippen molar-refractivity contribution in [2.75, 3.05) is 0 Å². The summed E-state index contributed by atoms with van der Waals surface area (Å²) in [5.74, 6) is -0.968. The minimum atomic E-state index is -4.70. The molecular weight excluding hydrogens is 325 g/mol. The first-order chi connectivity index (χ1) is 9.81. The second-order valence-electron chi connectivity index (χ2n) is 3.94. The number of benzene rings is 1. The van der Waals surface area contributed by atoms with Crippen molar-refractivity contribution in [3.63, 3.8) is 0 Å². The van der Waals surface area contributed by atoms with Gasteiger partial charge in [0.25, 0.3) is 0 Å². The van der Waals surface area contributed by atoms with Crippen molar-refractivity contribution in [1.29, 1.82) is 0 Å². The van der Waals surface area contributed by atoms with E-state index in [9.17, 15) is 18.0 Å². The van der Waals surface area contributed by atoms with E-state index in [1.807, 2.05) is 6.92 Å². The number of hydrogen-bond acceptors (Lipinski definition) is 5. The lowest BCUT2D eigenvalue weighted by Crippen LogP contribution is -2.12. The van der Waals surface area contributed by atoms with E-state index in [-0.39, 0.29) is 0 Å². The molecule has 0 atom stereocenters. The fourth-order valence-corrected chi connectivity index (χ4v) is 3.25. The number of aromatic nitrogens is 2. The molecule has 1 N–H and O–H groups in total. The zero-order chi connectivity index (χ0) is 15.6. The second-order valence-corrected chi connectivity index (χ2v) is 6.01. The van der Waals surface area contributed by atoms with E-state index in [0.717, 1.165) is 35.4 Å². The summed E-state index contributed by atoms with van der Waals surface area (Å²) in [5, 5.41) is 8.93. The van der Waals surface area contributed by atoms with Crippen LogP contribution in [0.15, 0.2) is 27.4 Å². The maximum atomic E-state index is 12.7. The van der Waals surface area contributed by atoms with Crippen LogP contribution in [0.3, 0.4) is 0 Å². The molecule has 0 amide bonds. The third-order valence-electron chi connectivity index (χ3n) is 2.50. The van der Waals surface area contributed by atoms with Gasteiger partial charge in [-0.3, -0.25) is 0 Å². The van der Waals surface area contributed by atoms with E-state index in [1.54, 1.807) is 0 Å². The van der Waals surface area contributed by atoms with E-state index in [0.29, 0.717) is 21.5 Å². The molecule has 1 heterocycles. The number of carboxylic acids is 1. The van der Waals surface area contributed by atoms with Gasteiger partial charge in [0, 0.05) is 11.3 Å². The zero-order valence-electron chi connectivity index (χ0n) is 10.6. The molecule has 21 heavy (non-hydrogen) atoms. The molecule has 0 aliphatic carbocycles. The van der Waals surface area contributed by atoms with Crippen LogP contribution in [0, 0.1) is 0 Å². The SMILES string of the molecule is CCc1nsc(Sc2ccc(C(F)(F)F)c(C(=O)O)c2)n1. The lowest BCUT2D eigenvalue weighted by atomic mass is 10.1. The number of carboxylic acid groups (broad SMARTS) is 1. The van der Waals surface area contributed by atoms with Crippen LogP contribution in [-0.2, 0) is 12.6 Å². The standard InChI is InChI=1S/C12H9F3N2O2S2/c1-2-9-16-11(21-17-9)20-6-3-4-8(12(13,14)15)7(5-6)10(18)19/h3-5H,2H2,1H3,(H,18,19). The molecule has 0 spiro atoms. The summed E-state index contributed by atoms with van der Waals surface area (Å²) in [7, 11) is 0. The van der Waals surface area contributed by atoms with Gasteiger partial charge in [0.2, 0.25) is 0 Å². The summed E-state index contributed by atoms with van der Waals surface area (Å²) in [6.45, 7) is 1.89. The average Bonchev–Trinajstić information content (AvgIpc) is 2.85. The number of aryl methyl sites for hydroxylation is 1. The number of alkyl halides is 3. The summed E-state index contributed by atoms with van der Waals surface area (Å²) in [6.07, 6.45) is -4.04. The highest BCUT2D eigenvalue weighted by Gasteiger charge is 2.35. The lowest BCUT2D eigenvalue weighted by molar-refractivity contribution is -0.138. The predicted octanol–water partition coefficient (Wildman–Crippen LogP) is 3.97. The van der Waals surface area contributed by atoms with Crippen LogP contribution in [0.2, 0.25) is 0 Å². The molecule has 0 saturated heterocycles. The van der Waals surface area contributed by atoms with Gasteiger partial charge in [-0.25, -0.2) is 9.78 Å². The van der Waals surface area contributed by atoms with E-state index < -0.39 is 23.3 Å². The molecule has 0 unspecified atom stereocenters. The summed E-state index contributed by atoms with van der Waals surface area (Å²) < 4.78 is 42.8. The molecule has 0 aliphatic heterocycles. The Morgan fingerprint density at radius 1 is 1.43 bits per heavy atom. The van der Waals surface area contributed by atoms with E-state index in [4.69, 9.17) is 5.11 Å². The van der Waals surface area contributed by atoms with Crippen LogP contribution in [0.1, 0.15) is 28.7 Å². The first-order valence-electron chi connectivity index (χ1n) is 5.76. The highest BCUT2D eigenvalue weighted by molar-refractivity contribution is 8.01. The fourth-order valence-electron chi connectivity index (χ4n) is 1.53. The molecule has 2 aromatic rings. The Morgan fingerprint density at radius 2 is 2.14 bits per heavy atom. The first-order valence-corrected chi connectivity index (χ1v) is 7.35. The number of nitrogens with zero attached hydrogens (tertiary/aromatic N) is 2. The van der Waals surface area contributed by atoms with Gasteiger partial charge in [-0.05, 0) is 29.7 Å². The zero-order valence-corrected chi connectivity index (χ0v) is 12.3.